The van der Waals surface area contributed by atoms with Gasteiger partial charge in [0.05, 0.1) is 11.2 Å². The van der Waals surface area contributed by atoms with E-state index in [1.54, 1.807) is 6.20 Å². The van der Waals surface area contributed by atoms with Crippen LogP contribution in [0, 0.1) is 0 Å². The number of nitrogens with zero attached hydrogens (tertiary/aromatic N) is 5. The topological polar surface area (TPSA) is 75.9 Å². The lowest BCUT2D eigenvalue weighted by Gasteiger charge is -2.12. The minimum absolute atomic E-state index is 0.145. The van der Waals surface area contributed by atoms with Crippen molar-refractivity contribution in [2.45, 2.75) is 25.7 Å². The Balaban J connectivity index is 1.89. The third kappa shape index (κ3) is 2.93. The van der Waals surface area contributed by atoms with E-state index in [1.165, 1.54) is 6.92 Å². The molecule has 7 nitrogen and oxygen atoms in total. The predicted molar refractivity (Wildman–Crippen MR) is 97.3 cm³/mol. The largest absolute Gasteiger partial charge is 0.363 e. The van der Waals surface area contributed by atoms with Gasteiger partial charge in [-0.15, -0.1) is 0 Å². The minimum Gasteiger partial charge on any atom is -0.363 e. The van der Waals surface area contributed by atoms with Gasteiger partial charge in [-0.25, -0.2) is 14.6 Å². The first-order chi connectivity index (χ1) is 12.0. The first kappa shape index (κ1) is 15.6. The van der Waals surface area contributed by atoms with Crippen LogP contribution in [0.1, 0.15) is 31.4 Å². The van der Waals surface area contributed by atoms with Crippen molar-refractivity contribution in [3.63, 3.8) is 0 Å². The maximum Gasteiger partial charge on any atom is 0.222 e. The number of hydrogen-bond acceptors (Lipinski definition) is 5. The Morgan fingerprint density at radius 2 is 2.12 bits per heavy atom. The van der Waals surface area contributed by atoms with Crippen LogP contribution in [-0.4, -0.2) is 39.8 Å². The molecule has 0 bridgehead atoms. The maximum atomic E-state index is 11.4. The Bertz CT molecular complexity index is 957. The molecule has 0 spiro atoms. The van der Waals surface area contributed by atoms with E-state index in [9.17, 15) is 4.79 Å². The smallest absolute Gasteiger partial charge is 0.222 e. The van der Waals surface area contributed by atoms with Gasteiger partial charge in [0.1, 0.15) is 11.6 Å². The van der Waals surface area contributed by atoms with Gasteiger partial charge in [-0.05, 0) is 25.0 Å². The van der Waals surface area contributed by atoms with Gasteiger partial charge in [0.25, 0.3) is 0 Å². The van der Waals surface area contributed by atoms with Crippen molar-refractivity contribution in [1.82, 2.24) is 19.7 Å². The van der Waals surface area contributed by atoms with Crippen molar-refractivity contribution in [2.75, 3.05) is 24.3 Å². The zero-order chi connectivity index (χ0) is 17.6. The average Bonchev–Trinajstić information content (AvgIpc) is 3.35. The van der Waals surface area contributed by atoms with Crippen LogP contribution in [-0.2, 0) is 4.79 Å². The number of pyridine rings is 2. The summed E-state index contributed by atoms with van der Waals surface area (Å²) in [6.45, 7) is 1.47. The Morgan fingerprint density at radius 3 is 2.80 bits per heavy atom. The third-order valence-corrected chi connectivity index (χ3v) is 4.26. The molecule has 0 aromatic carbocycles. The van der Waals surface area contributed by atoms with Crippen molar-refractivity contribution >= 4 is 28.4 Å². The summed E-state index contributed by atoms with van der Waals surface area (Å²) in [4.78, 5) is 22.4. The molecule has 0 aliphatic heterocycles. The van der Waals surface area contributed by atoms with Crippen LogP contribution < -0.4 is 10.2 Å². The Kier molecular flexibility index (Phi) is 3.63. The van der Waals surface area contributed by atoms with Crippen molar-refractivity contribution in [2.24, 2.45) is 0 Å². The SMILES string of the molecule is CC(=O)Nc1cc2c(cn1)c(C1CC1)nn2-c1cccc(N(C)C)n1. The van der Waals surface area contributed by atoms with E-state index in [0.717, 1.165) is 41.1 Å². The zero-order valence-corrected chi connectivity index (χ0v) is 14.5. The number of fused-ring (bicyclic) bond motifs is 1. The molecule has 1 amide bonds. The lowest BCUT2D eigenvalue weighted by atomic mass is 10.2. The normalized spacial score (nSPS) is 13.9. The second-order valence-electron chi connectivity index (χ2n) is 6.59. The number of nitrogens with one attached hydrogen (secondary N) is 1. The summed E-state index contributed by atoms with van der Waals surface area (Å²) in [6.07, 6.45) is 4.11. The van der Waals surface area contributed by atoms with Gasteiger partial charge in [0.2, 0.25) is 5.91 Å². The van der Waals surface area contributed by atoms with E-state index in [2.05, 4.69) is 10.3 Å². The predicted octanol–water partition coefficient (Wildman–Crippen LogP) is 2.72. The van der Waals surface area contributed by atoms with E-state index in [-0.39, 0.29) is 5.91 Å². The van der Waals surface area contributed by atoms with Gasteiger partial charge < -0.3 is 10.2 Å². The van der Waals surface area contributed by atoms with Gasteiger partial charge in [0, 0.05) is 44.6 Å². The van der Waals surface area contributed by atoms with Crippen LogP contribution in [0.5, 0.6) is 0 Å². The van der Waals surface area contributed by atoms with Gasteiger partial charge >= 0.3 is 0 Å². The van der Waals surface area contributed by atoms with E-state index >= 15 is 0 Å². The molecule has 7 heteroatoms. The molecule has 1 N–H and O–H groups in total. The van der Waals surface area contributed by atoms with Crippen LogP contribution in [0.2, 0.25) is 0 Å². The first-order valence-corrected chi connectivity index (χ1v) is 8.34. The van der Waals surface area contributed by atoms with Gasteiger partial charge in [-0.2, -0.15) is 5.10 Å². The second-order valence-corrected chi connectivity index (χ2v) is 6.59. The molecule has 0 radical (unpaired) electrons. The number of hydrogen-bond donors (Lipinski definition) is 1. The van der Waals surface area contributed by atoms with Gasteiger partial charge in [-0.3, -0.25) is 4.79 Å². The molecule has 0 saturated heterocycles. The van der Waals surface area contributed by atoms with Crippen molar-refractivity contribution < 1.29 is 4.79 Å². The number of anilines is 2. The molecular weight excluding hydrogens is 316 g/mol. The first-order valence-electron chi connectivity index (χ1n) is 8.34. The molecule has 0 unspecified atom stereocenters. The Hall–Kier alpha value is -2.96. The van der Waals surface area contributed by atoms with Crippen LogP contribution in [0.4, 0.5) is 11.6 Å². The van der Waals surface area contributed by atoms with E-state index in [1.807, 2.05) is 47.9 Å². The van der Waals surface area contributed by atoms with E-state index in [4.69, 9.17) is 10.1 Å². The third-order valence-electron chi connectivity index (χ3n) is 4.26. The van der Waals surface area contributed by atoms with Crippen LogP contribution in [0.3, 0.4) is 0 Å². The molecule has 3 aromatic rings. The highest BCUT2D eigenvalue weighted by Gasteiger charge is 2.29. The number of carbonyl (C=O) groups excluding carboxylic acids is 1. The standard InChI is InChI=1S/C18H20N6O/c1-11(25)20-15-9-14-13(10-19-15)18(12-7-8-12)22-24(14)17-6-4-5-16(21-17)23(2)3/h4-6,9-10,12H,7-8H2,1-3H3,(H,19,20,25). The summed E-state index contributed by atoms with van der Waals surface area (Å²) in [7, 11) is 3.92. The quantitative estimate of drug-likeness (QED) is 0.793. The molecule has 3 heterocycles. The second kappa shape index (κ2) is 5.84. The lowest BCUT2D eigenvalue weighted by Crippen LogP contribution is -2.12. The summed E-state index contributed by atoms with van der Waals surface area (Å²) in [6, 6.07) is 7.73. The Morgan fingerprint density at radius 1 is 1.32 bits per heavy atom. The summed E-state index contributed by atoms with van der Waals surface area (Å²) in [5, 5.41) is 8.59. The summed E-state index contributed by atoms with van der Waals surface area (Å²) in [5.41, 5.74) is 1.97. The Labute approximate surface area is 145 Å². The molecular formula is C18H20N6O. The van der Waals surface area contributed by atoms with Crippen molar-refractivity contribution in [3.8, 4) is 5.82 Å². The molecule has 128 valence electrons. The summed E-state index contributed by atoms with van der Waals surface area (Å²) >= 11 is 0. The fraction of sp³-hybridized carbons (Fsp3) is 0.333. The molecule has 25 heavy (non-hydrogen) atoms. The maximum absolute atomic E-state index is 11.4. The fourth-order valence-corrected chi connectivity index (χ4v) is 2.89. The summed E-state index contributed by atoms with van der Waals surface area (Å²) < 4.78 is 1.85. The molecule has 1 saturated carbocycles. The molecule has 0 atom stereocenters. The van der Waals surface area contributed by atoms with E-state index < -0.39 is 0 Å². The number of carbonyl (C=O) groups is 1. The zero-order valence-electron chi connectivity index (χ0n) is 14.5. The van der Waals surface area contributed by atoms with Crippen LogP contribution >= 0.6 is 0 Å². The van der Waals surface area contributed by atoms with Crippen molar-refractivity contribution in [1.29, 1.82) is 0 Å². The van der Waals surface area contributed by atoms with Crippen LogP contribution in [0.15, 0.2) is 30.5 Å². The van der Waals surface area contributed by atoms with E-state index in [0.29, 0.717) is 11.7 Å². The number of amides is 1. The fourth-order valence-electron chi connectivity index (χ4n) is 2.89. The van der Waals surface area contributed by atoms with Crippen molar-refractivity contribution in [3.05, 3.63) is 36.2 Å². The average molecular weight is 336 g/mol. The van der Waals surface area contributed by atoms with Gasteiger partial charge in [0.15, 0.2) is 5.82 Å². The number of aromatic nitrogens is 4. The van der Waals surface area contributed by atoms with Crippen LogP contribution in [0.25, 0.3) is 16.7 Å². The molecule has 4 rings (SSSR count). The highest BCUT2D eigenvalue weighted by molar-refractivity contribution is 5.91. The molecule has 1 aliphatic rings. The minimum atomic E-state index is -0.145. The molecule has 1 fully saturated rings. The highest BCUT2D eigenvalue weighted by atomic mass is 16.1. The number of rotatable bonds is 4. The molecule has 3 aromatic heterocycles. The highest BCUT2D eigenvalue weighted by Crippen LogP contribution is 2.42. The summed E-state index contributed by atoms with van der Waals surface area (Å²) in [5.74, 6) is 2.49. The monoisotopic (exact) mass is 336 g/mol. The molecule has 1 aliphatic carbocycles. The van der Waals surface area contributed by atoms with Gasteiger partial charge in [-0.1, -0.05) is 6.07 Å². The lowest BCUT2D eigenvalue weighted by molar-refractivity contribution is -0.114.